The van der Waals surface area contributed by atoms with E-state index in [0.717, 1.165) is 6.42 Å². The van der Waals surface area contributed by atoms with E-state index in [9.17, 15) is 9.59 Å². The van der Waals surface area contributed by atoms with Crippen LogP contribution in [0.25, 0.3) is 4.96 Å². The molecule has 7 nitrogen and oxygen atoms in total. The third-order valence-corrected chi connectivity index (χ3v) is 3.83. The second kappa shape index (κ2) is 6.10. The Labute approximate surface area is 119 Å². The van der Waals surface area contributed by atoms with Crippen molar-refractivity contribution < 1.29 is 9.90 Å². The Hall–Kier alpha value is -1.80. The number of rotatable bonds is 6. The quantitative estimate of drug-likeness (QED) is 0.849. The van der Waals surface area contributed by atoms with Crippen molar-refractivity contribution in [3.05, 3.63) is 27.6 Å². The van der Waals surface area contributed by atoms with E-state index < -0.39 is 5.97 Å². The topological polar surface area (TPSA) is 87.8 Å². The lowest BCUT2D eigenvalue weighted by atomic mass is 10.2. The maximum atomic E-state index is 11.8. The van der Waals surface area contributed by atoms with Crippen molar-refractivity contribution in [1.82, 2.24) is 19.5 Å². The van der Waals surface area contributed by atoms with E-state index in [4.69, 9.17) is 5.11 Å². The Morgan fingerprint density at radius 1 is 1.60 bits per heavy atom. The molecule has 1 N–H and O–H groups in total. The van der Waals surface area contributed by atoms with Crippen LogP contribution in [0.5, 0.6) is 0 Å². The molecular weight excluding hydrogens is 280 g/mol. The Bertz CT molecular complexity index is 666. The molecule has 108 valence electrons. The van der Waals surface area contributed by atoms with Crippen LogP contribution in [0, 0.1) is 0 Å². The number of hydrogen-bond acceptors (Lipinski definition) is 6. The fourth-order valence-electron chi connectivity index (χ4n) is 1.89. The van der Waals surface area contributed by atoms with Crippen LogP contribution in [-0.2, 0) is 11.3 Å². The van der Waals surface area contributed by atoms with E-state index in [-0.39, 0.29) is 18.1 Å². The van der Waals surface area contributed by atoms with Gasteiger partial charge < -0.3 is 5.11 Å². The van der Waals surface area contributed by atoms with Gasteiger partial charge in [-0.1, -0.05) is 18.3 Å². The second-order valence-electron chi connectivity index (χ2n) is 4.57. The first-order chi connectivity index (χ1) is 9.51. The summed E-state index contributed by atoms with van der Waals surface area (Å²) in [7, 11) is 0. The molecule has 0 radical (unpaired) electrons. The number of carboxylic acid groups (broad SMARTS) is 1. The van der Waals surface area contributed by atoms with Crippen molar-refractivity contribution in [3.8, 4) is 0 Å². The Balaban J connectivity index is 2.27. The number of aliphatic carboxylic acids is 1. The van der Waals surface area contributed by atoms with Crippen LogP contribution in [-0.4, -0.2) is 43.2 Å². The van der Waals surface area contributed by atoms with Crippen LogP contribution in [0.4, 0.5) is 0 Å². The first-order valence-electron chi connectivity index (χ1n) is 6.29. The molecule has 0 fully saturated rings. The molecule has 0 aliphatic carbocycles. The molecule has 1 unspecified atom stereocenters. The molecule has 0 saturated heterocycles. The summed E-state index contributed by atoms with van der Waals surface area (Å²) < 4.78 is 1.24. The molecule has 2 aromatic heterocycles. The lowest BCUT2D eigenvalue weighted by Gasteiger charge is -2.26. The summed E-state index contributed by atoms with van der Waals surface area (Å²) in [5.41, 5.74) is 1.88. The highest BCUT2D eigenvalue weighted by Crippen LogP contribution is 2.10. The lowest BCUT2D eigenvalue weighted by molar-refractivity contribution is -0.139. The van der Waals surface area contributed by atoms with Gasteiger partial charge in [0.05, 0.1) is 12.2 Å². The molecule has 0 aliphatic heterocycles. The fourth-order valence-corrected chi connectivity index (χ4v) is 2.53. The molecule has 2 heterocycles. The van der Waals surface area contributed by atoms with Crippen LogP contribution in [0.2, 0.25) is 0 Å². The largest absolute Gasteiger partial charge is 0.480 e. The van der Waals surface area contributed by atoms with Crippen molar-refractivity contribution in [2.24, 2.45) is 0 Å². The highest BCUT2D eigenvalue weighted by atomic mass is 32.1. The summed E-state index contributed by atoms with van der Waals surface area (Å²) in [6.45, 7) is 4.22. The molecule has 1 atom stereocenters. The number of aromatic nitrogens is 3. The summed E-state index contributed by atoms with van der Waals surface area (Å²) in [4.78, 5) is 29.4. The maximum absolute atomic E-state index is 11.8. The molecule has 8 heteroatoms. The van der Waals surface area contributed by atoms with E-state index >= 15 is 0 Å². The van der Waals surface area contributed by atoms with E-state index in [1.54, 1.807) is 10.4 Å². The fraction of sp³-hybridized carbons (Fsp3) is 0.500. The van der Waals surface area contributed by atoms with E-state index in [1.165, 1.54) is 21.9 Å². The Morgan fingerprint density at radius 2 is 2.35 bits per heavy atom. The summed E-state index contributed by atoms with van der Waals surface area (Å²) in [5, 5.41) is 12.9. The number of carbonyl (C=O) groups is 1. The van der Waals surface area contributed by atoms with E-state index in [1.807, 2.05) is 13.8 Å². The molecular formula is C12H16N4O3S. The SMILES string of the molecule is CCC(C)N(CC(=O)O)Cc1cc(=O)n2ncsc2n1. The number of nitrogens with zero attached hydrogens (tertiary/aromatic N) is 4. The minimum Gasteiger partial charge on any atom is -0.480 e. The van der Waals surface area contributed by atoms with Crippen LogP contribution in [0.15, 0.2) is 16.4 Å². The Morgan fingerprint density at radius 3 is 3.00 bits per heavy atom. The number of carboxylic acids is 1. The van der Waals surface area contributed by atoms with Gasteiger partial charge in [-0.15, -0.1) is 0 Å². The molecule has 0 bridgehead atoms. The minimum atomic E-state index is -0.888. The predicted molar refractivity (Wildman–Crippen MR) is 74.9 cm³/mol. The molecule has 2 aromatic rings. The van der Waals surface area contributed by atoms with Gasteiger partial charge in [0.1, 0.15) is 5.51 Å². The smallest absolute Gasteiger partial charge is 0.317 e. The van der Waals surface area contributed by atoms with Crippen LogP contribution in [0.3, 0.4) is 0 Å². The van der Waals surface area contributed by atoms with Gasteiger partial charge in [-0.25, -0.2) is 4.98 Å². The van der Waals surface area contributed by atoms with Gasteiger partial charge in [0.15, 0.2) is 0 Å². The minimum absolute atomic E-state index is 0.0707. The van der Waals surface area contributed by atoms with Crippen molar-refractivity contribution in [3.63, 3.8) is 0 Å². The number of hydrogen-bond donors (Lipinski definition) is 1. The number of fused-ring (bicyclic) bond motifs is 1. The van der Waals surface area contributed by atoms with Gasteiger partial charge in [0.2, 0.25) is 4.96 Å². The first kappa shape index (κ1) is 14.6. The third kappa shape index (κ3) is 3.20. The summed E-state index contributed by atoms with van der Waals surface area (Å²) in [5.74, 6) is -0.888. The molecule has 0 amide bonds. The van der Waals surface area contributed by atoms with Gasteiger partial charge in [0, 0.05) is 18.7 Å². The lowest BCUT2D eigenvalue weighted by Crippen LogP contribution is -2.37. The average molecular weight is 296 g/mol. The predicted octanol–water partition coefficient (Wildman–Crippen LogP) is 0.836. The van der Waals surface area contributed by atoms with Crippen LogP contribution >= 0.6 is 11.3 Å². The van der Waals surface area contributed by atoms with Crippen molar-refractivity contribution in [2.75, 3.05) is 6.54 Å². The van der Waals surface area contributed by atoms with Crippen molar-refractivity contribution in [2.45, 2.75) is 32.9 Å². The maximum Gasteiger partial charge on any atom is 0.317 e. The van der Waals surface area contributed by atoms with Gasteiger partial charge in [-0.3, -0.25) is 14.5 Å². The highest BCUT2D eigenvalue weighted by Gasteiger charge is 2.17. The zero-order valence-electron chi connectivity index (χ0n) is 11.3. The molecule has 0 spiro atoms. The summed E-state index contributed by atoms with van der Waals surface area (Å²) >= 11 is 1.28. The van der Waals surface area contributed by atoms with Crippen LogP contribution in [0.1, 0.15) is 26.0 Å². The summed E-state index contributed by atoms with van der Waals surface area (Å²) in [6.07, 6.45) is 0.828. The zero-order valence-corrected chi connectivity index (χ0v) is 12.1. The van der Waals surface area contributed by atoms with Crippen molar-refractivity contribution in [1.29, 1.82) is 0 Å². The van der Waals surface area contributed by atoms with Gasteiger partial charge in [-0.2, -0.15) is 9.61 Å². The molecule has 20 heavy (non-hydrogen) atoms. The van der Waals surface area contributed by atoms with Crippen molar-refractivity contribution >= 4 is 22.3 Å². The summed E-state index contributed by atoms with van der Waals surface area (Å²) in [6, 6.07) is 1.51. The normalized spacial score (nSPS) is 12.9. The van der Waals surface area contributed by atoms with E-state index in [2.05, 4.69) is 10.1 Å². The molecule has 0 saturated carbocycles. The van der Waals surface area contributed by atoms with Gasteiger partial charge in [-0.05, 0) is 13.3 Å². The first-order valence-corrected chi connectivity index (χ1v) is 7.17. The zero-order chi connectivity index (χ0) is 14.7. The molecule has 0 aliphatic rings. The molecule has 0 aromatic carbocycles. The second-order valence-corrected chi connectivity index (χ2v) is 5.39. The highest BCUT2D eigenvalue weighted by molar-refractivity contribution is 7.14. The van der Waals surface area contributed by atoms with Gasteiger partial charge in [0.25, 0.3) is 5.56 Å². The third-order valence-electron chi connectivity index (χ3n) is 3.16. The van der Waals surface area contributed by atoms with Crippen LogP contribution < -0.4 is 5.56 Å². The standard InChI is InChI=1S/C12H16N4O3S/c1-3-8(2)15(6-11(18)19)5-9-4-10(17)16-12(14-9)20-7-13-16/h4,7-8H,3,5-6H2,1-2H3,(H,18,19). The average Bonchev–Trinajstić information content (AvgIpc) is 2.85. The van der Waals surface area contributed by atoms with Gasteiger partial charge >= 0.3 is 5.97 Å². The Kier molecular flexibility index (Phi) is 4.46. The molecule has 2 rings (SSSR count). The van der Waals surface area contributed by atoms with E-state index in [0.29, 0.717) is 17.2 Å². The monoisotopic (exact) mass is 296 g/mol.